The summed E-state index contributed by atoms with van der Waals surface area (Å²) >= 11 is 0. The molecule has 108 valence electrons. The Hall–Kier alpha value is -1.36. The van der Waals surface area contributed by atoms with Crippen LogP contribution in [0.3, 0.4) is 0 Å². The second-order valence-electron chi connectivity index (χ2n) is 5.05. The van der Waals surface area contributed by atoms with Crippen molar-refractivity contribution in [1.29, 1.82) is 0 Å². The van der Waals surface area contributed by atoms with Crippen molar-refractivity contribution in [2.75, 3.05) is 33.4 Å². The summed E-state index contributed by atoms with van der Waals surface area (Å²) in [7, 11) is 1.35. The quantitative estimate of drug-likeness (QED) is 0.557. The fourth-order valence-electron chi connectivity index (χ4n) is 2.34. The zero-order valence-corrected chi connectivity index (χ0v) is 12.0. The van der Waals surface area contributed by atoms with E-state index in [4.69, 9.17) is 4.74 Å². The zero-order chi connectivity index (χ0) is 14.3. The van der Waals surface area contributed by atoms with Gasteiger partial charge >= 0.3 is 11.9 Å². The molecule has 0 aromatic carbocycles. The third-order valence-electron chi connectivity index (χ3n) is 3.36. The topological polar surface area (TPSA) is 55.8 Å². The van der Waals surface area contributed by atoms with Crippen molar-refractivity contribution < 1.29 is 19.1 Å². The molecular formula is C14H23NO4. The van der Waals surface area contributed by atoms with Crippen LogP contribution in [0, 0.1) is 5.41 Å². The zero-order valence-electron chi connectivity index (χ0n) is 12.0. The van der Waals surface area contributed by atoms with Gasteiger partial charge in [0.05, 0.1) is 19.1 Å². The van der Waals surface area contributed by atoms with Crippen LogP contribution in [0.25, 0.3) is 0 Å². The van der Waals surface area contributed by atoms with E-state index in [1.807, 2.05) is 13.8 Å². The molecule has 0 N–H and O–H groups in total. The van der Waals surface area contributed by atoms with E-state index < -0.39 is 5.41 Å². The largest absolute Gasteiger partial charge is 0.466 e. The molecule has 0 bridgehead atoms. The van der Waals surface area contributed by atoms with E-state index in [0.717, 1.165) is 19.4 Å². The number of esters is 2. The minimum absolute atomic E-state index is 0.128. The standard InChI is InChI=1S/C14H23NO4/c1-4-19-13(17)14(2)8-6-10-15(11-14)9-5-7-12(16)18-3/h5,7H,4,6,8-11H2,1-3H3/b7-5+/t14-/m1/s1. The van der Waals surface area contributed by atoms with Gasteiger partial charge in [-0.2, -0.15) is 0 Å². The summed E-state index contributed by atoms with van der Waals surface area (Å²) in [4.78, 5) is 25.1. The molecule has 1 rings (SSSR count). The van der Waals surface area contributed by atoms with Crippen LogP contribution in [-0.2, 0) is 19.1 Å². The number of likely N-dealkylation sites (tertiary alicyclic amines) is 1. The molecular weight excluding hydrogens is 246 g/mol. The lowest BCUT2D eigenvalue weighted by molar-refractivity contribution is -0.157. The highest BCUT2D eigenvalue weighted by Gasteiger charge is 2.38. The second-order valence-corrected chi connectivity index (χ2v) is 5.05. The van der Waals surface area contributed by atoms with E-state index in [2.05, 4.69) is 9.64 Å². The van der Waals surface area contributed by atoms with E-state index in [1.54, 1.807) is 6.08 Å². The van der Waals surface area contributed by atoms with Crippen molar-refractivity contribution in [1.82, 2.24) is 4.90 Å². The highest BCUT2D eigenvalue weighted by molar-refractivity contribution is 5.81. The van der Waals surface area contributed by atoms with Gasteiger partial charge in [-0.1, -0.05) is 6.08 Å². The molecule has 5 nitrogen and oxygen atoms in total. The SMILES string of the molecule is CCOC(=O)[C@]1(C)CCCN(C/C=C/C(=O)OC)C1. The number of carbonyl (C=O) groups excluding carboxylic acids is 2. The number of carbonyl (C=O) groups is 2. The van der Waals surface area contributed by atoms with Gasteiger partial charge in [-0.3, -0.25) is 9.69 Å². The Morgan fingerprint density at radius 1 is 1.42 bits per heavy atom. The van der Waals surface area contributed by atoms with E-state index in [9.17, 15) is 9.59 Å². The fraction of sp³-hybridized carbons (Fsp3) is 0.714. The van der Waals surface area contributed by atoms with Gasteiger partial charge in [0, 0.05) is 19.2 Å². The molecule has 0 aromatic rings. The Kier molecular flexibility index (Phi) is 6.02. The Morgan fingerprint density at radius 2 is 2.16 bits per heavy atom. The van der Waals surface area contributed by atoms with Gasteiger partial charge in [-0.25, -0.2) is 4.79 Å². The molecule has 0 spiro atoms. The van der Waals surface area contributed by atoms with Gasteiger partial charge in [0.25, 0.3) is 0 Å². The van der Waals surface area contributed by atoms with Gasteiger partial charge in [0.1, 0.15) is 0 Å². The maximum atomic E-state index is 12.0. The van der Waals surface area contributed by atoms with Crippen LogP contribution in [0.4, 0.5) is 0 Å². The van der Waals surface area contributed by atoms with Crippen LogP contribution >= 0.6 is 0 Å². The molecule has 0 saturated carbocycles. The lowest BCUT2D eigenvalue weighted by Crippen LogP contribution is -2.46. The van der Waals surface area contributed by atoms with E-state index in [1.165, 1.54) is 13.2 Å². The van der Waals surface area contributed by atoms with E-state index >= 15 is 0 Å². The molecule has 1 heterocycles. The normalized spacial score (nSPS) is 24.4. The van der Waals surface area contributed by atoms with Crippen molar-refractivity contribution >= 4 is 11.9 Å². The first-order chi connectivity index (χ1) is 9.01. The summed E-state index contributed by atoms with van der Waals surface area (Å²) in [5.74, 6) is -0.484. The van der Waals surface area contributed by atoms with Gasteiger partial charge in [-0.05, 0) is 33.2 Å². The summed E-state index contributed by atoms with van der Waals surface area (Å²) in [5.41, 5.74) is -0.437. The number of piperidine rings is 1. The van der Waals surface area contributed by atoms with Crippen LogP contribution in [0.1, 0.15) is 26.7 Å². The summed E-state index contributed by atoms with van der Waals surface area (Å²) in [6.07, 6.45) is 4.99. The maximum Gasteiger partial charge on any atom is 0.330 e. The van der Waals surface area contributed by atoms with Crippen LogP contribution < -0.4 is 0 Å². The second kappa shape index (κ2) is 7.28. The van der Waals surface area contributed by atoms with Crippen molar-refractivity contribution in [3.05, 3.63) is 12.2 Å². The average molecular weight is 269 g/mol. The molecule has 0 aromatic heterocycles. The molecule has 19 heavy (non-hydrogen) atoms. The molecule has 0 amide bonds. The number of ether oxygens (including phenoxy) is 2. The summed E-state index contributed by atoms with van der Waals surface area (Å²) in [6, 6.07) is 0. The maximum absolute atomic E-state index is 12.0. The first kappa shape index (κ1) is 15.7. The molecule has 5 heteroatoms. The van der Waals surface area contributed by atoms with Crippen molar-refractivity contribution in [3.63, 3.8) is 0 Å². The summed E-state index contributed by atoms with van der Waals surface area (Å²) < 4.78 is 9.67. The van der Waals surface area contributed by atoms with Crippen molar-refractivity contribution in [2.24, 2.45) is 5.41 Å². The first-order valence-corrected chi connectivity index (χ1v) is 6.66. The lowest BCUT2D eigenvalue weighted by Gasteiger charge is -2.38. The predicted molar refractivity (Wildman–Crippen MR) is 71.6 cm³/mol. The van der Waals surface area contributed by atoms with Crippen molar-refractivity contribution in [3.8, 4) is 0 Å². The number of rotatable bonds is 5. The van der Waals surface area contributed by atoms with Gasteiger partial charge in [0.2, 0.25) is 0 Å². The molecule has 1 aliphatic heterocycles. The van der Waals surface area contributed by atoms with Crippen LogP contribution in [0.2, 0.25) is 0 Å². The predicted octanol–water partition coefficient (Wildman–Crippen LogP) is 1.38. The number of nitrogens with zero attached hydrogens (tertiary/aromatic N) is 1. The van der Waals surface area contributed by atoms with Crippen LogP contribution in [0.5, 0.6) is 0 Å². The first-order valence-electron chi connectivity index (χ1n) is 6.66. The number of methoxy groups -OCH3 is 1. The Bertz CT molecular complexity index is 353. The van der Waals surface area contributed by atoms with Gasteiger partial charge in [0.15, 0.2) is 0 Å². The van der Waals surface area contributed by atoms with Gasteiger partial charge in [-0.15, -0.1) is 0 Å². The molecule has 1 atom stereocenters. The Morgan fingerprint density at radius 3 is 2.79 bits per heavy atom. The van der Waals surface area contributed by atoms with Crippen LogP contribution in [0.15, 0.2) is 12.2 Å². The monoisotopic (exact) mass is 269 g/mol. The highest BCUT2D eigenvalue weighted by Crippen LogP contribution is 2.30. The molecule has 0 aliphatic carbocycles. The molecule has 0 radical (unpaired) electrons. The van der Waals surface area contributed by atoms with Crippen LogP contribution in [-0.4, -0.2) is 50.2 Å². The third kappa shape index (κ3) is 4.67. The average Bonchev–Trinajstić information content (AvgIpc) is 2.39. The fourth-order valence-corrected chi connectivity index (χ4v) is 2.34. The molecule has 0 unspecified atom stereocenters. The van der Waals surface area contributed by atoms with Gasteiger partial charge < -0.3 is 9.47 Å². The summed E-state index contributed by atoms with van der Waals surface area (Å²) in [6.45, 7) is 6.42. The highest BCUT2D eigenvalue weighted by atomic mass is 16.5. The third-order valence-corrected chi connectivity index (χ3v) is 3.36. The lowest BCUT2D eigenvalue weighted by atomic mass is 9.82. The Balaban J connectivity index is 2.52. The minimum Gasteiger partial charge on any atom is -0.466 e. The van der Waals surface area contributed by atoms with E-state index in [-0.39, 0.29) is 11.9 Å². The van der Waals surface area contributed by atoms with E-state index in [0.29, 0.717) is 19.7 Å². The summed E-state index contributed by atoms with van der Waals surface area (Å²) in [5, 5.41) is 0. The molecule has 1 aliphatic rings. The molecule has 1 saturated heterocycles. The number of hydrogen-bond donors (Lipinski definition) is 0. The minimum atomic E-state index is -0.437. The molecule has 1 fully saturated rings. The number of hydrogen-bond acceptors (Lipinski definition) is 5. The Labute approximate surface area is 114 Å². The van der Waals surface area contributed by atoms with Crippen molar-refractivity contribution in [2.45, 2.75) is 26.7 Å². The smallest absolute Gasteiger partial charge is 0.330 e.